The molecule has 6 heteroatoms. The van der Waals surface area contributed by atoms with Crippen molar-refractivity contribution in [2.24, 2.45) is 5.92 Å². The Morgan fingerprint density at radius 3 is 2.50 bits per heavy atom. The number of carbonyl (C=O) groups is 1. The Morgan fingerprint density at radius 1 is 0.964 bits per heavy atom. The van der Waals surface area contributed by atoms with Crippen molar-refractivity contribution >= 4 is 5.91 Å². The van der Waals surface area contributed by atoms with Crippen LogP contribution in [-0.4, -0.2) is 74.9 Å². The van der Waals surface area contributed by atoms with Crippen LogP contribution in [0.3, 0.4) is 0 Å². The van der Waals surface area contributed by atoms with Crippen molar-refractivity contribution in [3.63, 3.8) is 0 Å². The zero-order valence-corrected chi connectivity index (χ0v) is 16.7. The van der Waals surface area contributed by atoms with E-state index in [4.69, 9.17) is 14.2 Å². The molecular weight excluding hydrogens is 356 g/mol. The molecule has 0 bridgehead atoms. The van der Waals surface area contributed by atoms with Gasteiger partial charge in [0.25, 0.3) is 0 Å². The van der Waals surface area contributed by atoms with E-state index >= 15 is 0 Å². The molecule has 6 nitrogen and oxygen atoms in total. The Morgan fingerprint density at radius 2 is 1.71 bits per heavy atom. The number of hydrogen-bond donors (Lipinski definition) is 0. The maximum atomic E-state index is 12.6. The Kier molecular flexibility index (Phi) is 6.70. The van der Waals surface area contributed by atoms with Crippen LogP contribution in [0.4, 0.5) is 0 Å². The quantitative estimate of drug-likeness (QED) is 0.749. The highest BCUT2D eigenvalue weighted by atomic mass is 16.6. The van der Waals surface area contributed by atoms with Crippen molar-refractivity contribution in [2.45, 2.75) is 32.1 Å². The molecule has 2 saturated heterocycles. The molecule has 4 rings (SSSR count). The highest BCUT2D eigenvalue weighted by molar-refractivity contribution is 5.76. The first-order valence-electron chi connectivity index (χ1n) is 10.7. The number of rotatable bonds is 6. The van der Waals surface area contributed by atoms with Crippen LogP contribution in [0.15, 0.2) is 18.2 Å². The molecule has 0 saturated carbocycles. The number of amides is 1. The van der Waals surface area contributed by atoms with Crippen molar-refractivity contribution < 1.29 is 19.0 Å². The lowest BCUT2D eigenvalue weighted by Gasteiger charge is -2.36. The average Bonchev–Trinajstić information content (AvgIpc) is 2.75. The van der Waals surface area contributed by atoms with Gasteiger partial charge in [0.05, 0.1) is 13.2 Å². The molecule has 0 radical (unpaired) electrons. The van der Waals surface area contributed by atoms with Crippen molar-refractivity contribution in [2.75, 3.05) is 59.2 Å². The predicted molar refractivity (Wildman–Crippen MR) is 107 cm³/mol. The molecule has 0 aliphatic carbocycles. The maximum absolute atomic E-state index is 12.6. The zero-order chi connectivity index (χ0) is 19.2. The number of aryl methyl sites for hydroxylation is 1. The summed E-state index contributed by atoms with van der Waals surface area (Å²) in [4.78, 5) is 17.2. The summed E-state index contributed by atoms with van der Waals surface area (Å²) in [7, 11) is 0. The van der Waals surface area contributed by atoms with E-state index in [0.29, 0.717) is 25.5 Å². The number of benzene rings is 1. The Bertz CT molecular complexity index is 652. The molecule has 1 amide bonds. The summed E-state index contributed by atoms with van der Waals surface area (Å²) in [5.74, 6) is 2.69. The number of fused-ring (bicyclic) bond motifs is 1. The number of ether oxygens (including phenoxy) is 3. The minimum atomic E-state index is 0.308. The van der Waals surface area contributed by atoms with Crippen molar-refractivity contribution in [1.29, 1.82) is 0 Å². The SMILES string of the molecule is O=C(CCCc1ccc2c(c1)OCCO2)N1CCC(CN2CCOCC2)CC1. The molecule has 0 unspecified atom stereocenters. The number of piperidine rings is 1. The minimum Gasteiger partial charge on any atom is -0.486 e. The van der Waals surface area contributed by atoms with Gasteiger partial charge in [0.2, 0.25) is 5.91 Å². The van der Waals surface area contributed by atoms with Crippen LogP contribution in [0, 0.1) is 5.92 Å². The highest BCUT2D eigenvalue weighted by Gasteiger charge is 2.24. The fourth-order valence-corrected chi connectivity index (χ4v) is 4.36. The van der Waals surface area contributed by atoms with Crippen LogP contribution < -0.4 is 9.47 Å². The molecule has 3 aliphatic rings. The fourth-order valence-electron chi connectivity index (χ4n) is 4.36. The van der Waals surface area contributed by atoms with Crippen LogP contribution >= 0.6 is 0 Å². The van der Waals surface area contributed by atoms with Gasteiger partial charge in [-0.3, -0.25) is 9.69 Å². The van der Waals surface area contributed by atoms with Gasteiger partial charge < -0.3 is 19.1 Å². The molecule has 1 aromatic rings. The third-order valence-corrected chi connectivity index (χ3v) is 6.05. The van der Waals surface area contributed by atoms with E-state index in [1.807, 2.05) is 6.07 Å². The summed E-state index contributed by atoms with van der Waals surface area (Å²) in [6.07, 6.45) is 4.67. The average molecular weight is 389 g/mol. The summed E-state index contributed by atoms with van der Waals surface area (Å²) in [6.45, 7) is 8.05. The van der Waals surface area contributed by atoms with Gasteiger partial charge in [-0.1, -0.05) is 6.07 Å². The van der Waals surface area contributed by atoms with E-state index in [-0.39, 0.29) is 0 Å². The number of likely N-dealkylation sites (tertiary alicyclic amines) is 1. The Balaban J connectivity index is 1.16. The van der Waals surface area contributed by atoms with Crippen LogP contribution in [0.25, 0.3) is 0 Å². The standard InChI is InChI=1S/C22H32N2O4/c25-22(3-1-2-18-4-5-20-21(16-18)28-15-14-27-20)24-8-6-19(7-9-24)17-23-10-12-26-13-11-23/h4-5,16,19H,1-3,6-15,17H2. The van der Waals surface area contributed by atoms with Gasteiger partial charge in [0, 0.05) is 39.1 Å². The number of carbonyl (C=O) groups excluding carboxylic acids is 1. The summed E-state index contributed by atoms with van der Waals surface area (Å²) in [6, 6.07) is 6.11. The molecule has 2 fully saturated rings. The van der Waals surface area contributed by atoms with Crippen molar-refractivity contribution in [1.82, 2.24) is 9.80 Å². The number of hydrogen-bond acceptors (Lipinski definition) is 5. The van der Waals surface area contributed by atoms with E-state index in [0.717, 1.165) is 89.0 Å². The molecular formula is C22H32N2O4. The van der Waals surface area contributed by atoms with Gasteiger partial charge >= 0.3 is 0 Å². The summed E-state index contributed by atoms with van der Waals surface area (Å²) >= 11 is 0. The predicted octanol–water partition coefficient (Wildman–Crippen LogP) is 2.35. The summed E-state index contributed by atoms with van der Waals surface area (Å²) in [5, 5.41) is 0. The molecule has 1 aromatic carbocycles. The number of morpholine rings is 1. The van der Waals surface area contributed by atoms with Gasteiger partial charge in [0.15, 0.2) is 11.5 Å². The topological polar surface area (TPSA) is 51.2 Å². The van der Waals surface area contributed by atoms with E-state index in [1.165, 1.54) is 5.56 Å². The Labute approximate surface area is 167 Å². The van der Waals surface area contributed by atoms with Gasteiger partial charge in [0.1, 0.15) is 13.2 Å². The van der Waals surface area contributed by atoms with Gasteiger partial charge in [-0.05, 0) is 49.3 Å². The lowest BCUT2D eigenvalue weighted by atomic mass is 9.95. The molecule has 0 atom stereocenters. The molecule has 0 spiro atoms. The third kappa shape index (κ3) is 5.17. The number of nitrogens with zero attached hydrogens (tertiary/aromatic N) is 2. The second-order valence-electron chi connectivity index (χ2n) is 8.07. The minimum absolute atomic E-state index is 0.308. The zero-order valence-electron chi connectivity index (χ0n) is 16.7. The van der Waals surface area contributed by atoms with Gasteiger partial charge in [-0.2, -0.15) is 0 Å². The highest BCUT2D eigenvalue weighted by Crippen LogP contribution is 2.31. The fraction of sp³-hybridized carbons (Fsp3) is 0.682. The first-order valence-corrected chi connectivity index (χ1v) is 10.7. The van der Waals surface area contributed by atoms with Gasteiger partial charge in [-0.25, -0.2) is 0 Å². The molecule has 28 heavy (non-hydrogen) atoms. The summed E-state index contributed by atoms with van der Waals surface area (Å²) < 4.78 is 16.6. The van der Waals surface area contributed by atoms with Gasteiger partial charge in [-0.15, -0.1) is 0 Å². The molecule has 154 valence electrons. The normalized spacial score (nSPS) is 20.9. The van der Waals surface area contributed by atoms with E-state index < -0.39 is 0 Å². The third-order valence-electron chi connectivity index (χ3n) is 6.05. The van der Waals surface area contributed by atoms with E-state index in [2.05, 4.69) is 21.9 Å². The maximum Gasteiger partial charge on any atom is 0.222 e. The smallest absolute Gasteiger partial charge is 0.222 e. The van der Waals surface area contributed by atoms with E-state index in [1.54, 1.807) is 0 Å². The molecule has 3 aliphatic heterocycles. The second kappa shape index (κ2) is 9.61. The van der Waals surface area contributed by atoms with Crippen molar-refractivity contribution in [3.05, 3.63) is 23.8 Å². The summed E-state index contributed by atoms with van der Waals surface area (Å²) in [5.41, 5.74) is 1.21. The lowest BCUT2D eigenvalue weighted by molar-refractivity contribution is -0.132. The first kappa shape index (κ1) is 19.5. The second-order valence-corrected chi connectivity index (χ2v) is 8.07. The monoisotopic (exact) mass is 388 g/mol. The molecule has 0 N–H and O–H groups in total. The van der Waals surface area contributed by atoms with E-state index in [9.17, 15) is 4.79 Å². The lowest BCUT2D eigenvalue weighted by Crippen LogP contribution is -2.44. The van der Waals surface area contributed by atoms with Crippen LogP contribution in [0.5, 0.6) is 11.5 Å². The Hall–Kier alpha value is -1.79. The molecule has 3 heterocycles. The molecule has 0 aromatic heterocycles. The first-order chi connectivity index (χ1) is 13.8. The van der Waals surface area contributed by atoms with Crippen LogP contribution in [0.1, 0.15) is 31.2 Å². The largest absolute Gasteiger partial charge is 0.486 e. The van der Waals surface area contributed by atoms with Crippen LogP contribution in [-0.2, 0) is 16.0 Å². The van der Waals surface area contributed by atoms with Crippen LogP contribution in [0.2, 0.25) is 0 Å². The van der Waals surface area contributed by atoms with Crippen molar-refractivity contribution in [3.8, 4) is 11.5 Å².